The van der Waals surface area contributed by atoms with Gasteiger partial charge in [0.2, 0.25) is 10.0 Å². The van der Waals surface area contributed by atoms with Gasteiger partial charge in [0.1, 0.15) is 5.75 Å². The van der Waals surface area contributed by atoms with Gasteiger partial charge in [0.15, 0.2) is 0 Å². The first-order valence-electron chi connectivity index (χ1n) is 8.03. The second-order valence-corrected chi connectivity index (χ2v) is 9.40. The molecule has 11 heteroatoms. The topological polar surface area (TPSA) is 130 Å². The number of sulfonamides is 2. The van der Waals surface area contributed by atoms with E-state index in [1.807, 2.05) is 0 Å². The lowest BCUT2D eigenvalue weighted by molar-refractivity contribution is -0.136. The average Bonchev–Trinajstić information content (AvgIpc) is 2.67. The summed E-state index contributed by atoms with van der Waals surface area (Å²) in [5.41, 5.74) is 0.0208. The lowest BCUT2D eigenvalue weighted by atomic mass is 10.3. The molecular formula is C17H20N2O7S2. The molecule has 0 saturated heterocycles. The minimum atomic E-state index is -4.04. The Hall–Kier alpha value is -2.63. The van der Waals surface area contributed by atoms with Crippen LogP contribution in [0.5, 0.6) is 5.75 Å². The van der Waals surface area contributed by atoms with Crippen molar-refractivity contribution in [2.75, 3.05) is 25.0 Å². The van der Waals surface area contributed by atoms with Gasteiger partial charge in [0, 0.05) is 13.6 Å². The zero-order chi connectivity index (χ0) is 20.9. The largest absolute Gasteiger partial charge is 0.495 e. The van der Waals surface area contributed by atoms with Gasteiger partial charge in [-0.3, -0.25) is 9.10 Å². The first-order chi connectivity index (χ1) is 13.1. The van der Waals surface area contributed by atoms with Crippen molar-refractivity contribution in [1.82, 2.24) is 4.72 Å². The molecule has 2 N–H and O–H groups in total. The summed E-state index contributed by atoms with van der Waals surface area (Å²) in [6, 6.07) is 11.4. The number of rotatable bonds is 9. The molecule has 0 spiro atoms. The van der Waals surface area contributed by atoms with E-state index in [0.29, 0.717) is 0 Å². The normalized spacial score (nSPS) is 11.8. The maximum Gasteiger partial charge on any atom is 0.304 e. The van der Waals surface area contributed by atoms with E-state index >= 15 is 0 Å². The molecule has 0 aliphatic heterocycles. The number of anilines is 1. The SMILES string of the molecule is COc1ccc(S(=O)(=O)NCCC(=O)O)cc1N(C)S(=O)(=O)c1ccccc1. The summed E-state index contributed by atoms with van der Waals surface area (Å²) >= 11 is 0. The lowest BCUT2D eigenvalue weighted by Gasteiger charge is -2.22. The number of nitrogens with one attached hydrogen (secondary N) is 1. The maximum absolute atomic E-state index is 12.8. The van der Waals surface area contributed by atoms with Gasteiger partial charge in [0.05, 0.1) is 29.0 Å². The second kappa shape index (κ2) is 8.59. The van der Waals surface area contributed by atoms with Crippen LogP contribution in [0.3, 0.4) is 0 Å². The van der Waals surface area contributed by atoms with Gasteiger partial charge in [-0.05, 0) is 30.3 Å². The van der Waals surface area contributed by atoms with Crippen molar-refractivity contribution in [2.24, 2.45) is 0 Å². The molecule has 0 radical (unpaired) electrons. The fraction of sp³-hybridized carbons (Fsp3) is 0.235. The number of benzene rings is 2. The highest BCUT2D eigenvalue weighted by Crippen LogP contribution is 2.33. The van der Waals surface area contributed by atoms with Crippen molar-refractivity contribution >= 4 is 31.7 Å². The van der Waals surface area contributed by atoms with Gasteiger partial charge >= 0.3 is 5.97 Å². The smallest absolute Gasteiger partial charge is 0.304 e. The van der Waals surface area contributed by atoms with Crippen LogP contribution in [0, 0.1) is 0 Å². The summed E-state index contributed by atoms with van der Waals surface area (Å²) in [4.78, 5) is 10.4. The van der Waals surface area contributed by atoms with Gasteiger partial charge in [-0.15, -0.1) is 0 Å². The van der Waals surface area contributed by atoms with Crippen LogP contribution in [0.4, 0.5) is 5.69 Å². The Morgan fingerprint density at radius 2 is 1.71 bits per heavy atom. The van der Waals surface area contributed by atoms with Gasteiger partial charge in [-0.2, -0.15) is 0 Å². The van der Waals surface area contributed by atoms with Gasteiger partial charge in [0.25, 0.3) is 10.0 Å². The molecule has 0 bridgehead atoms. The highest BCUT2D eigenvalue weighted by Gasteiger charge is 2.26. The minimum Gasteiger partial charge on any atom is -0.495 e. The summed E-state index contributed by atoms with van der Waals surface area (Å²) in [5, 5.41) is 8.64. The highest BCUT2D eigenvalue weighted by molar-refractivity contribution is 7.92. The van der Waals surface area contributed by atoms with Crippen LogP contribution in [-0.2, 0) is 24.8 Å². The van der Waals surface area contributed by atoms with Crippen LogP contribution < -0.4 is 13.8 Å². The molecule has 0 amide bonds. The molecule has 0 fully saturated rings. The van der Waals surface area contributed by atoms with Crippen molar-refractivity contribution in [3.05, 3.63) is 48.5 Å². The molecule has 0 aliphatic rings. The van der Waals surface area contributed by atoms with Crippen LogP contribution in [0.1, 0.15) is 6.42 Å². The highest BCUT2D eigenvalue weighted by atomic mass is 32.2. The zero-order valence-corrected chi connectivity index (χ0v) is 16.8. The first kappa shape index (κ1) is 21.7. The standard InChI is InChI=1S/C17H20N2O7S2/c1-19(28(24,25)13-6-4-3-5-7-13)15-12-14(8-9-16(15)26-2)27(22,23)18-11-10-17(20)21/h3-9,12,18H,10-11H2,1-2H3,(H,20,21). The fourth-order valence-corrected chi connectivity index (χ4v) is 4.61. The van der Waals surface area contributed by atoms with Crippen molar-refractivity contribution in [1.29, 1.82) is 0 Å². The molecule has 28 heavy (non-hydrogen) atoms. The number of carbonyl (C=O) groups is 1. The number of ether oxygens (including phenoxy) is 1. The van der Waals surface area contributed by atoms with Crippen molar-refractivity contribution in [2.45, 2.75) is 16.2 Å². The van der Waals surface area contributed by atoms with Crippen LogP contribution in [0.25, 0.3) is 0 Å². The van der Waals surface area contributed by atoms with Crippen LogP contribution >= 0.6 is 0 Å². The molecular weight excluding hydrogens is 408 g/mol. The van der Waals surface area contributed by atoms with E-state index in [9.17, 15) is 21.6 Å². The van der Waals surface area contributed by atoms with Crippen molar-refractivity contribution in [3.8, 4) is 5.75 Å². The third kappa shape index (κ3) is 4.80. The predicted molar refractivity (Wildman–Crippen MR) is 102 cm³/mol. The molecule has 2 aromatic rings. The fourth-order valence-electron chi connectivity index (χ4n) is 2.34. The Balaban J connectivity index is 2.44. The van der Waals surface area contributed by atoms with Crippen molar-refractivity contribution in [3.63, 3.8) is 0 Å². The van der Waals surface area contributed by atoms with E-state index < -0.39 is 26.0 Å². The van der Waals surface area contributed by atoms with E-state index in [4.69, 9.17) is 9.84 Å². The first-order valence-corrected chi connectivity index (χ1v) is 11.0. The van der Waals surface area contributed by atoms with Gasteiger partial charge in [-0.25, -0.2) is 21.6 Å². The van der Waals surface area contributed by atoms with Crippen LogP contribution in [-0.4, -0.2) is 48.6 Å². The Kier molecular flexibility index (Phi) is 6.65. The monoisotopic (exact) mass is 428 g/mol. The molecule has 0 heterocycles. The number of methoxy groups -OCH3 is 1. The Labute approximate surface area is 163 Å². The molecule has 2 rings (SSSR count). The summed E-state index contributed by atoms with van der Waals surface area (Å²) in [7, 11) is -5.37. The summed E-state index contributed by atoms with van der Waals surface area (Å²) in [5.74, 6) is -0.988. The van der Waals surface area contributed by atoms with Crippen LogP contribution in [0.2, 0.25) is 0 Å². The number of hydrogen-bond donors (Lipinski definition) is 2. The van der Waals surface area contributed by atoms with E-state index in [-0.39, 0.29) is 34.2 Å². The van der Waals surface area contributed by atoms with Gasteiger partial charge < -0.3 is 9.84 Å². The van der Waals surface area contributed by atoms with Gasteiger partial charge in [-0.1, -0.05) is 18.2 Å². The summed E-state index contributed by atoms with van der Waals surface area (Å²) < 4.78 is 58.8. The molecule has 0 unspecified atom stereocenters. The van der Waals surface area contributed by atoms with E-state index in [2.05, 4.69) is 4.72 Å². The van der Waals surface area contributed by atoms with E-state index in [0.717, 1.165) is 10.4 Å². The zero-order valence-electron chi connectivity index (χ0n) is 15.2. The number of carboxylic acids is 1. The molecule has 0 atom stereocenters. The average molecular weight is 428 g/mol. The second-order valence-electron chi connectivity index (χ2n) is 5.66. The third-order valence-corrected chi connectivity index (χ3v) is 7.08. The van der Waals surface area contributed by atoms with E-state index in [1.54, 1.807) is 18.2 Å². The maximum atomic E-state index is 12.8. The minimum absolute atomic E-state index is 0.0208. The molecule has 2 aromatic carbocycles. The van der Waals surface area contributed by atoms with Crippen LogP contribution in [0.15, 0.2) is 58.3 Å². The summed E-state index contributed by atoms with van der Waals surface area (Å²) in [6.07, 6.45) is -0.384. The molecule has 0 aromatic heterocycles. The van der Waals surface area contributed by atoms with Crippen molar-refractivity contribution < 1.29 is 31.5 Å². The third-order valence-electron chi connectivity index (χ3n) is 3.83. The number of carboxylic acid groups (broad SMARTS) is 1. The van der Waals surface area contributed by atoms with E-state index in [1.165, 1.54) is 38.4 Å². The Morgan fingerprint density at radius 3 is 2.29 bits per heavy atom. The lowest BCUT2D eigenvalue weighted by Crippen LogP contribution is -2.28. The summed E-state index contributed by atoms with van der Waals surface area (Å²) in [6.45, 7) is -0.294. The molecule has 0 aliphatic carbocycles. The quantitative estimate of drug-likeness (QED) is 0.615. The molecule has 0 saturated carbocycles. The number of hydrogen-bond acceptors (Lipinski definition) is 6. The number of aliphatic carboxylic acids is 1. The molecule has 9 nitrogen and oxygen atoms in total. The Bertz CT molecular complexity index is 1050. The Morgan fingerprint density at radius 1 is 1.07 bits per heavy atom. The number of nitrogens with zero attached hydrogens (tertiary/aromatic N) is 1. The predicted octanol–water partition coefficient (Wildman–Crippen LogP) is 1.27. The molecule has 152 valence electrons.